The number of hydrogen-bond acceptors (Lipinski definition) is 0. The number of rotatable bonds is 0. The molecule has 1 aromatic rings. The van der Waals surface area contributed by atoms with Crippen molar-refractivity contribution in [3.63, 3.8) is 0 Å². The Hall–Kier alpha value is -0.630. The predicted molar refractivity (Wildman–Crippen MR) is 43.3 cm³/mol. The van der Waals surface area contributed by atoms with Gasteiger partial charge >= 0.3 is 0 Å². The first kappa shape index (κ1) is 7.99. The smallest absolute Gasteiger partial charge is 0.159 e. The molecule has 1 aliphatic rings. The Kier molecular flexibility index (Phi) is 1.80. The SMILES string of the molecule is Fc1cc2c(cc1F)C(Cl)CC2. The highest BCUT2D eigenvalue weighted by molar-refractivity contribution is 6.21. The lowest BCUT2D eigenvalue weighted by molar-refractivity contribution is 0.506. The maximum Gasteiger partial charge on any atom is 0.159 e. The maximum atomic E-state index is 12.7. The first-order chi connectivity index (χ1) is 5.68. The summed E-state index contributed by atoms with van der Waals surface area (Å²) in [6.45, 7) is 0. The standard InChI is InChI=1S/C9H7ClF2/c10-7-2-1-5-3-8(11)9(12)4-6(5)7/h3-4,7H,1-2H2. The quantitative estimate of drug-likeness (QED) is 0.549. The van der Waals surface area contributed by atoms with Crippen LogP contribution in [0, 0.1) is 11.6 Å². The number of hydrogen-bond donors (Lipinski definition) is 0. The van der Waals surface area contributed by atoms with Gasteiger partial charge in [-0.3, -0.25) is 0 Å². The number of benzene rings is 1. The van der Waals surface area contributed by atoms with E-state index in [2.05, 4.69) is 0 Å². The van der Waals surface area contributed by atoms with Crippen molar-refractivity contribution in [1.29, 1.82) is 0 Å². The zero-order valence-corrected chi connectivity index (χ0v) is 7.04. The van der Waals surface area contributed by atoms with Crippen LogP contribution in [-0.2, 0) is 6.42 Å². The van der Waals surface area contributed by atoms with Crippen LogP contribution in [-0.4, -0.2) is 0 Å². The van der Waals surface area contributed by atoms with Gasteiger partial charge in [-0.25, -0.2) is 8.78 Å². The van der Waals surface area contributed by atoms with Gasteiger partial charge in [-0.15, -0.1) is 11.6 Å². The topological polar surface area (TPSA) is 0 Å². The van der Waals surface area contributed by atoms with Crippen molar-refractivity contribution in [2.24, 2.45) is 0 Å². The molecule has 1 aliphatic carbocycles. The molecule has 0 aliphatic heterocycles. The van der Waals surface area contributed by atoms with Gasteiger partial charge in [-0.05, 0) is 36.1 Å². The van der Waals surface area contributed by atoms with E-state index in [1.807, 2.05) is 0 Å². The lowest BCUT2D eigenvalue weighted by Crippen LogP contribution is -1.90. The molecule has 0 spiro atoms. The predicted octanol–water partition coefficient (Wildman–Crippen LogP) is 3.19. The largest absolute Gasteiger partial charge is 0.204 e. The molecule has 0 bridgehead atoms. The van der Waals surface area contributed by atoms with Gasteiger partial charge < -0.3 is 0 Å². The normalized spacial score (nSPS) is 21.1. The monoisotopic (exact) mass is 188 g/mol. The van der Waals surface area contributed by atoms with E-state index in [1.165, 1.54) is 12.1 Å². The van der Waals surface area contributed by atoms with Crippen LogP contribution in [0.4, 0.5) is 8.78 Å². The van der Waals surface area contributed by atoms with Gasteiger partial charge in [0.25, 0.3) is 0 Å². The van der Waals surface area contributed by atoms with Gasteiger partial charge in [0.2, 0.25) is 0 Å². The molecule has 64 valence electrons. The fourth-order valence-electron chi connectivity index (χ4n) is 1.55. The third kappa shape index (κ3) is 1.11. The highest BCUT2D eigenvalue weighted by Crippen LogP contribution is 2.36. The maximum absolute atomic E-state index is 12.7. The van der Waals surface area contributed by atoms with E-state index < -0.39 is 11.6 Å². The molecule has 0 heterocycles. The molecule has 0 saturated heterocycles. The number of fused-ring (bicyclic) bond motifs is 1. The second-order valence-electron chi connectivity index (χ2n) is 2.97. The van der Waals surface area contributed by atoms with E-state index in [1.54, 1.807) is 0 Å². The fourth-order valence-corrected chi connectivity index (χ4v) is 1.86. The molecule has 0 aromatic heterocycles. The molecule has 3 heteroatoms. The van der Waals surface area contributed by atoms with Crippen LogP contribution < -0.4 is 0 Å². The summed E-state index contributed by atoms with van der Waals surface area (Å²) in [5.41, 5.74) is 1.59. The molecule has 0 amide bonds. The Morgan fingerprint density at radius 2 is 1.92 bits per heavy atom. The van der Waals surface area contributed by atoms with Gasteiger partial charge in [0.1, 0.15) is 0 Å². The van der Waals surface area contributed by atoms with E-state index >= 15 is 0 Å². The third-order valence-corrected chi connectivity index (χ3v) is 2.64. The van der Waals surface area contributed by atoms with Crippen molar-refractivity contribution in [3.05, 3.63) is 34.9 Å². The van der Waals surface area contributed by atoms with Crippen LogP contribution in [0.1, 0.15) is 22.9 Å². The van der Waals surface area contributed by atoms with E-state index in [0.717, 1.165) is 24.0 Å². The summed E-state index contributed by atoms with van der Waals surface area (Å²) in [5, 5.41) is -0.143. The van der Waals surface area contributed by atoms with Crippen LogP contribution in [0.2, 0.25) is 0 Å². The third-order valence-electron chi connectivity index (χ3n) is 2.19. The summed E-state index contributed by atoms with van der Waals surface area (Å²) in [6.07, 6.45) is 1.53. The molecule has 12 heavy (non-hydrogen) atoms. The molecule has 1 unspecified atom stereocenters. The Morgan fingerprint density at radius 3 is 2.67 bits per heavy atom. The molecule has 0 N–H and O–H groups in total. The van der Waals surface area contributed by atoms with E-state index in [0.29, 0.717) is 0 Å². The van der Waals surface area contributed by atoms with E-state index in [9.17, 15) is 8.78 Å². The van der Waals surface area contributed by atoms with Gasteiger partial charge in [0, 0.05) is 0 Å². The van der Waals surface area contributed by atoms with Crippen LogP contribution in [0.25, 0.3) is 0 Å². The first-order valence-corrected chi connectivity index (χ1v) is 4.24. The average molecular weight is 189 g/mol. The highest BCUT2D eigenvalue weighted by Gasteiger charge is 2.22. The van der Waals surface area contributed by atoms with Crippen LogP contribution in [0.15, 0.2) is 12.1 Å². The molecule has 1 aromatic carbocycles. The minimum absolute atomic E-state index is 0.143. The van der Waals surface area contributed by atoms with Crippen LogP contribution >= 0.6 is 11.6 Å². The second-order valence-corrected chi connectivity index (χ2v) is 3.50. The molecule has 2 rings (SSSR count). The molecule has 0 radical (unpaired) electrons. The van der Waals surface area contributed by atoms with Gasteiger partial charge in [0.15, 0.2) is 11.6 Å². The first-order valence-electron chi connectivity index (χ1n) is 3.80. The van der Waals surface area contributed by atoms with Crippen molar-refractivity contribution in [2.75, 3.05) is 0 Å². The summed E-state index contributed by atoms with van der Waals surface area (Å²) in [7, 11) is 0. The number of aryl methyl sites for hydroxylation is 1. The van der Waals surface area contributed by atoms with Crippen molar-refractivity contribution in [1.82, 2.24) is 0 Å². The average Bonchev–Trinajstić information content (AvgIpc) is 2.35. The van der Waals surface area contributed by atoms with Crippen LogP contribution in [0.3, 0.4) is 0 Å². The minimum atomic E-state index is -0.804. The van der Waals surface area contributed by atoms with Crippen molar-refractivity contribution < 1.29 is 8.78 Å². The van der Waals surface area contributed by atoms with E-state index in [4.69, 9.17) is 11.6 Å². The molecule has 0 fully saturated rings. The zero-order valence-electron chi connectivity index (χ0n) is 6.28. The lowest BCUT2D eigenvalue weighted by Gasteiger charge is -2.02. The lowest BCUT2D eigenvalue weighted by atomic mass is 10.1. The number of alkyl halides is 1. The molecule has 1 atom stereocenters. The van der Waals surface area contributed by atoms with Crippen molar-refractivity contribution in [2.45, 2.75) is 18.2 Å². The summed E-state index contributed by atoms with van der Waals surface area (Å²) in [5.74, 6) is -1.58. The Morgan fingerprint density at radius 1 is 1.25 bits per heavy atom. The van der Waals surface area contributed by atoms with Crippen molar-refractivity contribution >= 4 is 11.6 Å². The molecular weight excluding hydrogens is 182 g/mol. The number of halogens is 3. The minimum Gasteiger partial charge on any atom is -0.204 e. The Bertz CT molecular complexity index is 323. The van der Waals surface area contributed by atoms with Gasteiger partial charge in [-0.2, -0.15) is 0 Å². The Labute approximate surface area is 74.2 Å². The summed E-state index contributed by atoms with van der Waals surface area (Å²) < 4.78 is 25.4. The fraction of sp³-hybridized carbons (Fsp3) is 0.333. The van der Waals surface area contributed by atoms with Crippen LogP contribution in [0.5, 0.6) is 0 Å². The molecule has 0 nitrogen and oxygen atoms in total. The zero-order chi connectivity index (χ0) is 8.72. The summed E-state index contributed by atoms with van der Waals surface area (Å²) in [4.78, 5) is 0. The van der Waals surface area contributed by atoms with Gasteiger partial charge in [-0.1, -0.05) is 0 Å². The Balaban J connectivity index is 2.56. The van der Waals surface area contributed by atoms with E-state index in [-0.39, 0.29) is 5.38 Å². The highest BCUT2D eigenvalue weighted by atomic mass is 35.5. The summed E-state index contributed by atoms with van der Waals surface area (Å²) >= 11 is 5.88. The second kappa shape index (κ2) is 2.70. The summed E-state index contributed by atoms with van der Waals surface area (Å²) in [6, 6.07) is 2.45. The van der Waals surface area contributed by atoms with Crippen molar-refractivity contribution in [3.8, 4) is 0 Å². The molecular formula is C9H7ClF2. The molecule has 0 saturated carbocycles. The van der Waals surface area contributed by atoms with Gasteiger partial charge in [0.05, 0.1) is 5.38 Å².